The van der Waals surface area contributed by atoms with Crippen LogP contribution in [0.3, 0.4) is 0 Å². The number of nitrogens with one attached hydrogen (secondary N) is 2. The van der Waals surface area contributed by atoms with Crippen molar-refractivity contribution in [3.63, 3.8) is 0 Å². The Bertz CT molecular complexity index is 656. The number of likely N-dealkylation sites (tertiary alicyclic amines) is 1. The molecule has 0 aromatic heterocycles. The topological polar surface area (TPSA) is 56.7 Å². The summed E-state index contributed by atoms with van der Waals surface area (Å²) in [4.78, 5) is 18.9. The second-order valence-electron chi connectivity index (χ2n) is 9.04. The van der Waals surface area contributed by atoms with Crippen LogP contribution in [-0.4, -0.2) is 42.4 Å². The molecule has 1 aromatic rings. The number of halogens is 1. The molecule has 0 aliphatic carbocycles. The first-order valence-electron chi connectivity index (χ1n) is 10.6. The minimum absolute atomic E-state index is 0. The van der Waals surface area contributed by atoms with E-state index in [-0.39, 0.29) is 41.2 Å². The third-order valence-corrected chi connectivity index (χ3v) is 5.23. The van der Waals surface area contributed by atoms with Gasteiger partial charge in [0.1, 0.15) is 0 Å². The molecule has 1 amide bonds. The molecule has 1 aliphatic rings. The van der Waals surface area contributed by atoms with E-state index in [9.17, 15) is 4.79 Å². The van der Waals surface area contributed by atoms with Gasteiger partial charge in [0.15, 0.2) is 5.96 Å². The first-order valence-corrected chi connectivity index (χ1v) is 10.6. The van der Waals surface area contributed by atoms with Crippen molar-refractivity contribution in [3.8, 4) is 0 Å². The van der Waals surface area contributed by atoms with Crippen molar-refractivity contribution >= 4 is 35.8 Å². The van der Waals surface area contributed by atoms with Gasteiger partial charge in [0.25, 0.3) is 0 Å². The number of piperidine rings is 1. The maximum atomic E-state index is 12.1. The van der Waals surface area contributed by atoms with Crippen LogP contribution in [0.2, 0.25) is 0 Å². The molecular weight excluding hydrogens is 475 g/mol. The molecule has 0 saturated carbocycles. The van der Waals surface area contributed by atoms with Crippen LogP contribution >= 0.6 is 24.0 Å². The van der Waals surface area contributed by atoms with E-state index in [0.717, 1.165) is 38.4 Å². The second-order valence-corrected chi connectivity index (χ2v) is 9.04. The summed E-state index contributed by atoms with van der Waals surface area (Å²) >= 11 is 0. The number of benzene rings is 1. The molecule has 0 bridgehead atoms. The van der Waals surface area contributed by atoms with Crippen molar-refractivity contribution in [2.24, 2.45) is 10.9 Å². The Balaban J connectivity index is 0.00000420. The molecule has 1 heterocycles. The van der Waals surface area contributed by atoms with Crippen molar-refractivity contribution in [2.45, 2.75) is 72.4 Å². The summed E-state index contributed by atoms with van der Waals surface area (Å²) in [6, 6.07) is 9.10. The van der Waals surface area contributed by atoms with Gasteiger partial charge in [0.2, 0.25) is 5.91 Å². The fourth-order valence-corrected chi connectivity index (χ4v) is 3.40. The lowest BCUT2D eigenvalue weighted by Gasteiger charge is -2.34. The number of hydrogen-bond acceptors (Lipinski definition) is 2. The van der Waals surface area contributed by atoms with Crippen molar-refractivity contribution in [1.29, 1.82) is 0 Å². The van der Waals surface area contributed by atoms with Crippen molar-refractivity contribution in [1.82, 2.24) is 15.5 Å². The third kappa shape index (κ3) is 8.15. The van der Waals surface area contributed by atoms with E-state index < -0.39 is 0 Å². The standard InChI is InChI=1S/C23H38N4O.HI/c1-7-24-22(25-16-18-8-10-19(11-9-18)23(4,5)6)26-20-12-14-27(15-13-20)21(28)17(2)3;/h8-11,17,20H,7,12-16H2,1-6H3,(H2,24,25,26);1H. The predicted octanol–water partition coefficient (Wildman–Crippen LogP) is 4.30. The molecule has 2 N–H and O–H groups in total. The molecular formula is C23H39IN4O. The van der Waals surface area contributed by atoms with E-state index in [4.69, 9.17) is 4.99 Å². The first kappa shape index (κ1) is 25.7. The summed E-state index contributed by atoms with van der Waals surface area (Å²) in [5.41, 5.74) is 2.72. The van der Waals surface area contributed by atoms with E-state index in [1.165, 1.54) is 11.1 Å². The number of rotatable bonds is 5. The maximum Gasteiger partial charge on any atom is 0.225 e. The lowest BCUT2D eigenvalue weighted by Crippen LogP contribution is -2.50. The van der Waals surface area contributed by atoms with Gasteiger partial charge in [-0.05, 0) is 36.3 Å². The highest BCUT2D eigenvalue weighted by molar-refractivity contribution is 14.0. The maximum absolute atomic E-state index is 12.1. The summed E-state index contributed by atoms with van der Waals surface area (Å²) in [5.74, 6) is 1.20. The molecule has 1 fully saturated rings. The Morgan fingerprint density at radius 2 is 1.76 bits per heavy atom. The molecule has 0 unspecified atom stereocenters. The van der Waals surface area contributed by atoms with Crippen LogP contribution in [-0.2, 0) is 16.8 Å². The normalized spacial score (nSPS) is 15.8. The van der Waals surface area contributed by atoms with Gasteiger partial charge in [-0.3, -0.25) is 4.79 Å². The van der Waals surface area contributed by atoms with Crippen molar-refractivity contribution in [2.75, 3.05) is 19.6 Å². The van der Waals surface area contributed by atoms with E-state index in [0.29, 0.717) is 12.6 Å². The van der Waals surface area contributed by atoms with Gasteiger partial charge < -0.3 is 15.5 Å². The smallest absolute Gasteiger partial charge is 0.225 e. The van der Waals surface area contributed by atoms with Crippen molar-refractivity contribution in [3.05, 3.63) is 35.4 Å². The van der Waals surface area contributed by atoms with Gasteiger partial charge in [0.05, 0.1) is 6.54 Å². The minimum atomic E-state index is 0. The molecule has 2 rings (SSSR count). The Morgan fingerprint density at radius 1 is 1.17 bits per heavy atom. The predicted molar refractivity (Wildman–Crippen MR) is 133 cm³/mol. The highest BCUT2D eigenvalue weighted by Gasteiger charge is 2.24. The summed E-state index contributed by atoms with van der Waals surface area (Å²) in [7, 11) is 0. The second kappa shape index (κ2) is 11.8. The quantitative estimate of drug-likeness (QED) is 0.350. The fourth-order valence-electron chi connectivity index (χ4n) is 3.40. The molecule has 0 spiro atoms. The largest absolute Gasteiger partial charge is 0.357 e. The summed E-state index contributed by atoms with van der Waals surface area (Å²) < 4.78 is 0. The monoisotopic (exact) mass is 514 g/mol. The number of carbonyl (C=O) groups excluding carboxylic acids is 1. The minimum Gasteiger partial charge on any atom is -0.357 e. The van der Waals surface area contributed by atoms with E-state index >= 15 is 0 Å². The van der Waals surface area contributed by atoms with Crippen LogP contribution in [0, 0.1) is 5.92 Å². The lowest BCUT2D eigenvalue weighted by atomic mass is 9.87. The molecule has 0 atom stereocenters. The average molecular weight is 514 g/mol. The SMILES string of the molecule is CCNC(=NCc1ccc(C(C)(C)C)cc1)NC1CCN(C(=O)C(C)C)CC1.I. The molecule has 29 heavy (non-hydrogen) atoms. The van der Waals surface area contributed by atoms with Crippen LogP contribution < -0.4 is 10.6 Å². The summed E-state index contributed by atoms with van der Waals surface area (Å²) in [6.45, 7) is 15.8. The molecule has 164 valence electrons. The number of amides is 1. The first-order chi connectivity index (χ1) is 13.2. The number of carbonyl (C=O) groups is 1. The zero-order valence-corrected chi connectivity index (χ0v) is 21.2. The van der Waals surface area contributed by atoms with Gasteiger partial charge in [-0.15, -0.1) is 24.0 Å². The van der Waals surface area contributed by atoms with Crippen LogP contribution in [0.25, 0.3) is 0 Å². The highest BCUT2D eigenvalue weighted by Crippen LogP contribution is 2.22. The van der Waals surface area contributed by atoms with Gasteiger partial charge in [-0.2, -0.15) is 0 Å². The number of aliphatic imine (C=N–C) groups is 1. The molecule has 1 aliphatic heterocycles. The molecule has 5 nitrogen and oxygen atoms in total. The third-order valence-electron chi connectivity index (χ3n) is 5.23. The summed E-state index contributed by atoms with van der Waals surface area (Å²) in [5, 5.41) is 6.90. The number of hydrogen-bond donors (Lipinski definition) is 2. The van der Waals surface area contributed by atoms with E-state index in [1.807, 2.05) is 18.7 Å². The van der Waals surface area contributed by atoms with E-state index in [2.05, 4.69) is 62.6 Å². The fraction of sp³-hybridized carbons (Fsp3) is 0.652. The Hall–Kier alpha value is -1.31. The van der Waals surface area contributed by atoms with Crippen LogP contribution in [0.15, 0.2) is 29.3 Å². The molecule has 6 heteroatoms. The van der Waals surface area contributed by atoms with E-state index in [1.54, 1.807) is 0 Å². The molecule has 1 aromatic carbocycles. The number of guanidine groups is 1. The van der Waals surface area contributed by atoms with Gasteiger partial charge >= 0.3 is 0 Å². The number of nitrogens with zero attached hydrogens (tertiary/aromatic N) is 2. The zero-order chi connectivity index (χ0) is 20.7. The van der Waals surface area contributed by atoms with Crippen LogP contribution in [0.1, 0.15) is 65.5 Å². The Morgan fingerprint density at radius 3 is 2.24 bits per heavy atom. The zero-order valence-electron chi connectivity index (χ0n) is 18.9. The van der Waals surface area contributed by atoms with Gasteiger partial charge in [-0.1, -0.05) is 58.9 Å². The highest BCUT2D eigenvalue weighted by atomic mass is 127. The van der Waals surface area contributed by atoms with Gasteiger partial charge in [-0.25, -0.2) is 4.99 Å². The van der Waals surface area contributed by atoms with Crippen molar-refractivity contribution < 1.29 is 4.79 Å². The Labute approximate surface area is 194 Å². The summed E-state index contributed by atoms with van der Waals surface area (Å²) in [6.07, 6.45) is 1.92. The average Bonchev–Trinajstić information content (AvgIpc) is 2.66. The van der Waals surface area contributed by atoms with Gasteiger partial charge in [0, 0.05) is 31.6 Å². The van der Waals surface area contributed by atoms with Crippen LogP contribution in [0.5, 0.6) is 0 Å². The lowest BCUT2D eigenvalue weighted by molar-refractivity contribution is -0.135. The molecule has 1 saturated heterocycles. The molecule has 0 radical (unpaired) electrons. The van der Waals surface area contributed by atoms with Crippen LogP contribution in [0.4, 0.5) is 0 Å². The Kier molecular flexibility index (Phi) is 10.4.